The van der Waals surface area contributed by atoms with Crippen molar-refractivity contribution in [3.8, 4) is 5.75 Å². The topological polar surface area (TPSA) is 43.4 Å². The van der Waals surface area contributed by atoms with Crippen molar-refractivity contribution in [3.05, 3.63) is 41.3 Å². The molecule has 3 nitrogen and oxygen atoms in total. The quantitative estimate of drug-likeness (QED) is 0.766. The number of hydrogen-bond acceptors (Lipinski definition) is 3. The smallest absolute Gasteiger partial charge is 0.257 e. The summed E-state index contributed by atoms with van der Waals surface area (Å²) in [4.78, 5) is -0.0163. The Kier molecular flexibility index (Phi) is 3.77. The number of hydrogen-bond donors (Lipinski definition) is 0. The van der Waals surface area contributed by atoms with Crippen molar-refractivity contribution in [1.29, 1.82) is 0 Å². The minimum atomic E-state index is -3.68. The number of allylic oxidation sites excluding steroid dienone is 1. The van der Waals surface area contributed by atoms with E-state index < -0.39 is 9.05 Å². The molecule has 0 aliphatic heterocycles. The zero-order valence-electron chi connectivity index (χ0n) is 8.23. The van der Waals surface area contributed by atoms with Gasteiger partial charge in [-0.05, 0) is 17.7 Å². The van der Waals surface area contributed by atoms with Crippen molar-refractivity contribution in [3.63, 3.8) is 0 Å². The first-order chi connectivity index (χ1) is 6.93. The summed E-state index contributed by atoms with van der Waals surface area (Å²) in [6, 6.07) is 7.09. The van der Waals surface area contributed by atoms with Crippen LogP contribution in [0.5, 0.6) is 5.75 Å². The third-order valence-corrected chi connectivity index (χ3v) is 3.37. The predicted molar refractivity (Wildman–Crippen MR) is 60.6 cm³/mol. The molecule has 0 spiro atoms. The van der Waals surface area contributed by atoms with Crippen LogP contribution in [0.25, 0.3) is 0 Å². The largest absolute Gasteiger partial charge is 0.497 e. The Morgan fingerprint density at radius 1 is 1.53 bits per heavy atom. The molecule has 5 heteroatoms. The van der Waals surface area contributed by atoms with Crippen LogP contribution in [0.15, 0.2) is 35.7 Å². The summed E-state index contributed by atoms with van der Waals surface area (Å²) in [6.07, 6.45) is 0.197. The second-order valence-corrected chi connectivity index (χ2v) is 5.68. The minimum Gasteiger partial charge on any atom is -0.497 e. The zero-order valence-corrected chi connectivity index (χ0v) is 9.81. The van der Waals surface area contributed by atoms with E-state index in [0.29, 0.717) is 5.75 Å². The van der Waals surface area contributed by atoms with E-state index in [1.165, 1.54) is 0 Å². The van der Waals surface area contributed by atoms with E-state index in [-0.39, 0.29) is 11.3 Å². The number of rotatable bonds is 4. The standard InChI is InChI=1S/C10H11ClO3S/c1-8(15(11,12)13)6-9-4-3-5-10(7-9)14-2/h3-5,7H,1,6H2,2H3. The van der Waals surface area contributed by atoms with Crippen molar-refractivity contribution in [2.45, 2.75) is 6.42 Å². The average Bonchev–Trinajstić information content (AvgIpc) is 2.16. The second-order valence-electron chi connectivity index (χ2n) is 3.00. The van der Waals surface area contributed by atoms with E-state index in [0.717, 1.165) is 5.56 Å². The maximum atomic E-state index is 10.9. The third-order valence-electron chi connectivity index (χ3n) is 1.88. The van der Waals surface area contributed by atoms with Gasteiger partial charge >= 0.3 is 0 Å². The fourth-order valence-electron chi connectivity index (χ4n) is 1.10. The summed E-state index contributed by atoms with van der Waals surface area (Å²) in [5.41, 5.74) is 0.795. The second kappa shape index (κ2) is 4.68. The molecule has 15 heavy (non-hydrogen) atoms. The van der Waals surface area contributed by atoms with Crippen LogP contribution in [0.4, 0.5) is 0 Å². The summed E-state index contributed by atoms with van der Waals surface area (Å²) in [6.45, 7) is 3.42. The zero-order chi connectivity index (χ0) is 11.5. The number of ether oxygens (including phenoxy) is 1. The Bertz CT molecular complexity index is 465. The van der Waals surface area contributed by atoms with E-state index in [1.54, 1.807) is 31.4 Å². The van der Waals surface area contributed by atoms with Crippen LogP contribution in [0.1, 0.15) is 5.56 Å². The number of benzene rings is 1. The molecule has 0 aromatic heterocycles. The Morgan fingerprint density at radius 2 is 2.20 bits per heavy atom. The summed E-state index contributed by atoms with van der Waals surface area (Å²) in [5.74, 6) is 0.673. The monoisotopic (exact) mass is 246 g/mol. The van der Waals surface area contributed by atoms with E-state index in [2.05, 4.69) is 6.58 Å². The fraction of sp³-hybridized carbons (Fsp3) is 0.200. The molecule has 1 rings (SSSR count). The van der Waals surface area contributed by atoms with Crippen molar-refractivity contribution in [1.82, 2.24) is 0 Å². The van der Waals surface area contributed by atoms with Crippen molar-refractivity contribution >= 4 is 19.7 Å². The third kappa shape index (κ3) is 3.57. The van der Waals surface area contributed by atoms with Crippen LogP contribution in [0.3, 0.4) is 0 Å². The van der Waals surface area contributed by atoms with Gasteiger partial charge in [0, 0.05) is 17.1 Å². The SMILES string of the molecule is C=C(Cc1cccc(OC)c1)S(=O)(=O)Cl. The highest BCUT2D eigenvalue weighted by Crippen LogP contribution is 2.19. The highest BCUT2D eigenvalue weighted by atomic mass is 35.7. The first-order valence-electron chi connectivity index (χ1n) is 4.19. The molecular formula is C10H11ClO3S. The van der Waals surface area contributed by atoms with Gasteiger partial charge in [-0.15, -0.1) is 0 Å². The lowest BCUT2D eigenvalue weighted by Gasteiger charge is -2.04. The maximum Gasteiger partial charge on any atom is 0.257 e. The lowest BCUT2D eigenvalue weighted by atomic mass is 10.1. The van der Waals surface area contributed by atoms with Crippen LogP contribution in [-0.4, -0.2) is 15.5 Å². The molecule has 0 aliphatic rings. The van der Waals surface area contributed by atoms with Gasteiger partial charge in [-0.2, -0.15) is 0 Å². The van der Waals surface area contributed by atoms with Gasteiger partial charge in [0.25, 0.3) is 9.05 Å². The molecule has 0 saturated heterocycles. The first kappa shape index (κ1) is 12.1. The van der Waals surface area contributed by atoms with Gasteiger partial charge in [-0.1, -0.05) is 18.7 Å². The molecule has 0 atom stereocenters. The van der Waals surface area contributed by atoms with E-state index in [9.17, 15) is 8.42 Å². The molecule has 0 aliphatic carbocycles. The Balaban J connectivity index is 2.86. The summed E-state index contributed by atoms with van der Waals surface area (Å²) in [7, 11) is 3.01. The van der Waals surface area contributed by atoms with Gasteiger partial charge in [0.15, 0.2) is 0 Å². The molecule has 0 fully saturated rings. The molecular weight excluding hydrogens is 236 g/mol. The number of methoxy groups -OCH3 is 1. The minimum absolute atomic E-state index is 0.0163. The van der Waals surface area contributed by atoms with Crippen LogP contribution in [0, 0.1) is 0 Å². The maximum absolute atomic E-state index is 10.9. The van der Waals surface area contributed by atoms with Gasteiger partial charge in [-0.25, -0.2) is 8.42 Å². The molecule has 0 unspecified atom stereocenters. The van der Waals surface area contributed by atoms with Gasteiger partial charge in [0.1, 0.15) is 5.75 Å². The lowest BCUT2D eigenvalue weighted by molar-refractivity contribution is 0.414. The first-order valence-corrected chi connectivity index (χ1v) is 6.50. The van der Waals surface area contributed by atoms with Gasteiger partial charge in [0.2, 0.25) is 0 Å². The van der Waals surface area contributed by atoms with Crippen LogP contribution in [-0.2, 0) is 15.5 Å². The Morgan fingerprint density at radius 3 is 2.73 bits per heavy atom. The normalized spacial score (nSPS) is 11.1. The van der Waals surface area contributed by atoms with Crippen molar-refractivity contribution in [2.24, 2.45) is 0 Å². The molecule has 0 heterocycles. The molecule has 0 N–H and O–H groups in total. The van der Waals surface area contributed by atoms with E-state index >= 15 is 0 Å². The summed E-state index contributed by atoms with van der Waals surface area (Å²) >= 11 is 0. The Labute approximate surface area is 93.7 Å². The average molecular weight is 247 g/mol. The molecule has 0 saturated carbocycles. The fourth-order valence-corrected chi connectivity index (χ4v) is 1.60. The van der Waals surface area contributed by atoms with Gasteiger partial charge in [0.05, 0.1) is 12.0 Å². The molecule has 82 valence electrons. The Hall–Kier alpha value is -1.00. The highest BCUT2D eigenvalue weighted by molar-refractivity contribution is 8.16. The highest BCUT2D eigenvalue weighted by Gasteiger charge is 2.11. The lowest BCUT2D eigenvalue weighted by Crippen LogP contribution is -1.98. The molecule has 1 aromatic carbocycles. The summed E-state index contributed by atoms with van der Waals surface area (Å²) in [5, 5.41) is 0. The molecule has 0 radical (unpaired) electrons. The summed E-state index contributed by atoms with van der Waals surface area (Å²) < 4.78 is 26.9. The van der Waals surface area contributed by atoms with Crippen molar-refractivity contribution < 1.29 is 13.2 Å². The molecule has 1 aromatic rings. The van der Waals surface area contributed by atoms with Crippen molar-refractivity contribution in [2.75, 3.05) is 7.11 Å². The van der Waals surface area contributed by atoms with Crippen LogP contribution >= 0.6 is 10.7 Å². The van der Waals surface area contributed by atoms with E-state index in [4.69, 9.17) is 15.4 Å². The predicted octanol–water partition coefficient (Wildman–Crippen LogP) is 2.32. The van der Waals surface area contributed by atoms with Crippen LogP contribution in [0.2, 0.25) is 0 Å². The number of halogens is 1. The van der Waals surface area contributed by atoms with Crippen LogP contribution < -0.4 is 4.74 Å². The van der Waals surface area contributed by atoms with Gasteiger partial charge < -0.3 is 4.74 Å². The van der Waals surface area contributed by atoms with Gasteiger partial charge in [-0.3, -0.25) is 0 Å². The molecule has 0 amide bonds. The van der Waals surface area contributed by atoms with E-state index in [1.807, 2.05) is 0 Å². The molecule has 0 bridgehead atoms.